The van der Waals surface area contributed by atoms with Crippen LogP contribution in [0.2, 0.25) is 0 Å². The molecule has 1 aromatic carbocycles. The van der Waals surface area contributed by atoms with Crippen molar-refractivity contribution in [1.29, 1.82) is 0 Å². The van der Waals surface area contributed by atoms with Crippen molar-refractivity contribution >= 4 is 17.7 Å². The first-order chi connectivity index (χ1) is 8.99. The molecule has 3 nitrogen and oxygen atoms in total. The molecule has 0 aliphatic carbocycles. The van der Waals surface area contributed by atoms with Crippen LogP contribution in [0.15, 0.2) is 18.2 Å². The SMILES string of the molecule is Cc1cc(CNC(=O)CSCCC(C)N)ccc1F. The Hall–Kier alpha value is -1.07. The Morgan fingerprint density at radius 1 is 1.53 bits per heavy atom. The molecule has 19 heavy (non-hydrogen) atoms. The third-order valence-electron chi connectivity index (χ3n) is 2.66. The molecule has 0 saturated heterocycles. The lowest BCUT2D eigenvalue weighted by Crippen LogP contribution is -2.25. The number of rotatable bonds is 7. The van der Waals surface area contributed by atoms with Crippen molar-refractivity contribution in [3.63, 3.8) is 0 Å². The highest BCUT2D eigenvalue weighted by Crippen LogP contribution is 2.09. The topological polar surface area (TPSA) is 55.1 Å². The maximum Gasteiger partial charge on any atom is 0.230 e. The minimum atomic E-state index is -0.221. The number of carbonyl (C=O) groups excluding carboxylic acids is 1. The fraction of sp³-hybridized carbons (Fsp3) is 0.500. The predicted octanol–water partition coefficient (Wildman–Crippen LogP) is 2.22. The zero-order chi connectivity index (χ0) is 14.3. The molecule has 5 heteroatoms. The van der Waals surface area contributed by atoms with Crippen LogP contribution < -0.4 is 11.1 Å². The third kappa shape index (κ3) is 6.59. The molecule has 106 valence electrons. The Bertz CT molecular complexity index is 424. The van der Waals surface area contributed by atoms with E-state index < -0.39 is 0 Å². The molecule has 1 rings (SSSR count). The minimum absolute atomic E-state index is 0.00310. The number of hydrogen-bond acceptors (Lipinski definition) is 3. The van der Waals surface area contributed by atoms with Gasteiger partial charge in [0.1, 0.15) is 5.82 Å². The van der Waals surface area contributed by atoms with Gasteiger partial charge in [0.15, 0.2) is 0 Å². The van der Waals surface area contributed by atoms with Crippen molar-refractivity contribution in [2.75, 3.05) is 11.5 Å². The van der Waals surface area contributed by atoms with Gasteiger partial charge >= 0.3 is 0 Å². The van der Waals surface area contributed by atoms with E-state index in [1.165, 1.54) is 6.07 Å². The smallest absolute Gasteiger partial charge is 0.230 e. The average molecular weight is 284 g/mol. The van der Waals surface area contributed by atoms with Gasteiger partial charge in [0.05, 0.1) is 5.75 Å². The molecule has 0 radical (unpaired) electrons. The maximum atomic E-state index is 13.1. The average Bonchev–Trinajstić information content (AvgIpc) is 2.36. The van der Waals surface area contributed by atoms with Gasteiger partial charge in [0, 0.05) is 12.6 Å². The van der Waals surface area contributed by atoms with Crippen LogP contribution in [0, 0.1) is 12.7 Å². The Kier molecular flexibility index (Phi) is 6.87. The fourth-order valence-corrected chi connectivity index (χ4v) is 2.47. The van der Waals surface area contributed by atoms with Crippen molar-refractivity contribution in [2.24, 2.45) is 5.73 Å². The number of benzene rings is 1. The second kappa shape index (κ2) is 8.17. The largest absolute Gasteiger partial charge is 0.351 e. The van der Waals surface area contributed by atoms with Gasteiger partial charge < -0.3 is 11.1 Å². The Labute approximate surface area is 118 Å². The molecule has 0 heterocycles. The normalized spacial score (nSPS) is 12.2. The lowest BCUT2D eigenvalue weighted by atomic mass is 10.1. The molecule has 0 saturated carbocycles. The molecule has 0 spiro atoms. The van der Waals surface area contributed by atoms with Crippen LogP contribution in [0.1, 0.15) is 24.5 Å². The number of nitrogens with one attached hydrogen (secondary N) is 1. The van der Waals surface area contributed by atoms with Crippen LogP contribution in [0.4, 0.5) is 4.39 Å². The number of nitrogens with two attached hydrogens (primary N) is 1. The molecule has 1 atom stereocenters. The summed E-state index contributed by atoms with van der Waals surface area (Å²) in [6.07, 6.45) is 0.912. The van der Waals surface area contributed by atoms with Crippen LogP contribution >= 0.6 is 11.8 Å². The van der Waals surface area contributed by atoms with E-state index in [9.17, 15) is 9.18 Å². The number of thioether (sulfide) groups is 1. The van der Waals surface area contributed by atoms with Gasteiger partial charge in [0.2, 0.25) is 5.91 Å². The van der Waals surface area contributed by atoms with Gasteiger partial charge in [-0.15, -0.1) is 0 Å². The second-order valence-corrected chi connectivity index (χ2v) is 5.78. The summed E-state index contributed by atoms with van der Waals surface area (Å²) in [6.45, 7) is 4.11. The molecule has 0 aromatic heterocycles. The predicted molar refractivity (Wildman–Crippen MR) is 78.6 cm³/mol. The van der Waals surface area contributed by atoms with Crippen LogP contribution in [-0.4, -0.2) is 23.5 Å². The zero-order valence-corrected chi connectivity index (χ0v) is 12.2. The first kappa shape index (κ1) is 16.0. The molecule has 0 fully saturated rings. The summed E-state index contributed by atoms with van der Waals surface area (Å²) in [6, 6.07) is 5.04. The molecule has 1 unspecified atom stereocenters. The number of hydrogen-bond donors (Lipinski definition) is 2. The molecular weight excluding hydrogens is 263 g/mol. The van der Waals surface area contributed by atoms with Crippen molar-refractivity contribution in [3.8, 4) is 0 Å². The van der Waals surface area contributed by atoms with Crippen LogP contribution in [-0.2, 0) is 11.3 Å². The van der Waals surface area contributed by atoms with Crippen molar-refractivity contribution in [3.05, 3.63) is 35.1 Å². The standard InChI is InChI=1S/C14H21FN2OS/c1-10-7-12(3-4-13(10)15)8-17-14(18)9-19-6-5-11(2)16/h3-4,7,11H,5-6,8-9,16H2,1-2H3,(H,17,18). The van der Waals surface area contributed by atoms with E-state index in [0.717, 1.165) is 17.7 Å². The van der Waals surface area contributed by atoms with Gasteiger partial charge in [-0.3, -0.25) is 4.79 Å². The highest BCUT2D eigenvalue weighted by Gasteiger charge is 2.04. The third-order valence-corrected chi connectivity index (χ3v) is 3.65. The van der Waals surface area contributed by atoms with E-state index in [1.54, 1.807) is 30.8 Å². The summed E-state index contributed by atoms with van der Waals surface area (Å²) in [7, 11) is 0. The lowest BCUT2D eigenvalue weighted by Gasteiger charge is -2.07. The van der Waals surface area contributed by atoms with Crippen LogP contribution in [0.25, 0.3) is 0 Å². The second-order valence-electron chi connectivity index (χ2n) is 4.68. The minimum Gasteiger partial charge on any atom is -0.351 e. The molecular formula is C14H21FN2OS. The van der Waals surface area contributed by atoms with Gasteiger partial charge in [-0.1, -0.05) is 12.1 Å². The monoisotopic (exact) mass is 284 g/mol. The first-order valence-corrected chi connectivity index (χ1v) is 7.49. The summed E-state index contributed by atoms with van der Waals surface area (Å²) in [5.74, 6) is 1.10. The molecule has 0 aliphatic rings. The van der Waals surface area contributed by atoms with Gasteiger partial charge in [-0.25, -0.2) is 4.39 Å². The zero-order valence-electron chi connectivity index (χ0n) is 11.4. The number of amides is 1. The Morgan fingerprint density at radius 3 is 2.89 bits per heavy atom. The number of carbonyl (C=O) groups is 1. The summed E-state index contributed by atoms with van der Waals surface area (Å²) in [5.41, 5.74) is 7.13. The molecule has 1 amide bonds. The Morgan fingerprint density at radius 2 is 2.26 bits per heavy atom. The van der Waals surface area contributed by atoms with Crippen molar-refractivity contribution < 1.29 is 9.18 Å². The van der Waals surface area contributed by atoms with Crippen molar-refractivity contribution in [1.82, 2.24) is 5.32 Å². The van der Waals surface area contributed by atoms with Crippen LogP contribution in [0.5, 0.6) is 0 Å². The van der Waals surface area contributed by atoms with E-state index in [2.05, 4.69) is 5.32 Å². The van der Waals surface area contributed by atoms with E-state index >= 15 is 0 Å². The van der Waals surface area contributed by atoms with Crippen LogP contribution in [0.3, 0.4) is 0 Å². The van der Waals surface area contributed by atoms with Crippen molar-refractivity contribution in [2.45, 2.75) is 32.9 Å². The molecule has 1 aromatic rings. The summed E-state index contributed by atoms with van der Waals surface area (Å²) in [4.78, 5) is 11.6. The number of halogens is 1. The quantitative estimate of drug-likeness (QED) is 0.755. The Balaban J connectivity index is 2.24. The summed E-state index contributed by atoms with van der Waals surface area (Å²) < 4.78 is 13.1. The molecule has 3 N–H and O–H groups in total. The first-order valence-electron chi connectivity index (χ1n) is 6.34. The summed E-state index contributed by atoms with van der Waals surface area (Å²) in [5, 5.41) is 2.82. The maximum absolute atomic E-state index is 13.1. The molecule has 0 aliphatic heterocycles. The highest BCUT2D eigenvalue weighted by atomic mass is 32.2. The highest BCUT2D eigenvalue weighted by molar-refractivity contribution is 7.99. The summed E-state index contributed by atoms with van der Waals surface area (Å²) >= 11 is 1.58. The van der Waals surface area contributed by atoms with E-state index in [-0.39, 0.29) is 17.8 Å². The number of aryl methyl sites for hydroxylation is 1. The molecule has 0 bridgehead atoms. The fourth-order valence-electron chi connectivity index (χ4n) is 1.50. The van der Waals surface area contributed by atoms with Gasteiger partial charge in [-0.2, -0.15) is 11.8 Å². The van der Waals surface area contributed by atoms with Gasteiger partial charge in [0.25, 0.3) is 0 Å². The van der Waals surface area contributed by atoms with E-state index in [0.29, 0.717) is 17.9 Å². The lowest BCUT2D eigenvalue weighted by molar-refractivity contribution is -0.118. The van der Waals surface area contributed by atoms with Gasteiger partial charge in [-0.05, 0) is 43.2 Å². The van der Waals surface area contributed by atoms with E-state index in [1.807, 2.05) is 6.92 Å². The van der Waals surface area contributed by atoms with E-state index in [4.69, 9.17) is 5.73 Å².